The van der Waals surface area contributed by atoms with E-state index in [1.165, 1.54) is 6.21 Å². The third-order valence-corrected chi connectivity index (χ3v) is 3.86. The monoisotopic (exact) mass is 437 g/mol. The third kappa shape index (κ3) is 6.50. The predicted octanol–water partition coefficient (Wildman–Crippen LogP) is 3.98. The van der Waals surface area contributed by atoms with Crippen molar-refractivity contribution in [2.75, 3.05) is 11.9 Å². The number of halogens is 2. The molecule has 2 amide bonds. The highest BCUT2D eigenvalue weighted by atomic mass is 79.9. The van der Waals surface area contributed by atoms with Gasteiger partial charge in [-0.1, -0.05) is 27.5 Å². The van der Waals surface area contributed by atoms with E-state index in [0.29, 0.717) is 28.6 Å². The van der Waals surface area contributed by atoms with Gasteiger partial charge in [-0.2, -0.15) is 5.10 Å². The average Bonchev–Trinajstić information content (AvgIpc) is 2.59. The smallest absolute Gasteiger partial charge is 0.249 e. The van der Waals surface area contributed by atoms with Gasteiger partial charge in [0.15, 0.2) is 0 Å². The maximum atomic E-state index is 11.8. The first kappa shape index (κ1) is 19.9. The molecule has 0 heterocycles. The molecule has 136 valence electrons. The van der Waals surface area contributed by atoms with Gasteiger partial charge >= 0.3 is 0 Å². The van der Waals surface area contributed by atoms with Crippen molar-refractivity contribution < 1.29 is 14.3 Å². The molecule has 0 aliphatic carbocycles. The summed E-state index contributed by atoms with van der Waals surface area (Å²) < 4.78 is 6.35. The van der Waals surface area contributed by atoms with Crippen LogP contribution in [0.3, 0.4) is 0 Å². The lowest BCUT2D eigenvalue weighted by atomic mass is 10.2. The fourth-order valence-electron chi connectivity index (χ4n) is 2.00. The Morgan fingerprint density at radius 2 is 1.92 bits per heavy atom. The second-order valence-corrected chi connectivity index (χ2v) is 6.49. The van der Waals surface area contributed by atoms with E-state index in [1.54, 1.807) is 30.3 Å². The van der Waals surface area contributed by atoms with Crippen LogP contribution < -0.4 is 15.5 Å². The van der Waals surface area contributed by atoms with E-state index in [2.05, 4.69) is 31.8 Å². The molecule has 0 fully saturated rings. The third-order valence-electron chi connectivity index (χ3n) is 3.11. The number of hydrogen-bond acceptors (Lipinski definition) is 4. The van der Waals surface area contributed by atoms with Crippen LogP contribution in [-0.4, -0.2) is 24.6 Å². The fourth-order valence-corrected chi connectivity index (χ4v) is 2.51. The van der Waals surface area contributed by atoms with E-state index in [4.69, 9.17) is 16.3 Å². The molecule has 0 aliphatic rings. The van der Waals surface area contributed by atoms with Gasteiger partial charge in [-0.25, -0.2) is 5.43 Å². The van der Waals surface area contributed by atoms with E-state index in [0.717, 1.165) is 4.47 Å². The number of amides is 2. The molecule has 2 aromatic rings. The molecule has 0 aliphatic heterocycles. The zero-order valence-electron chi connectivity index (χ0n) is 14.0. The van der Waals surface area contributed by atoms with Crippen LogP contribution in [0, 0.1) is 0 Å². The lowest BCUT2D eigenvalue weighted by Gasteiger charge is -2.07. The number of anilines is 1. The summed E-state index contributed by atoms with van der Waals surface area (Å²) in [5.41, 5.74) is 3.59. The van der Waals surface area contributed by atoms with Gasteiger partial charge in [0.1, 0.15) is 12.2 Å². The molecule has 8 heteroatoms. The summed E-state index contributed by atoms with van der Waals surface area (Å²) in [4.78, 5) is 23.7. The second-order valence-electron chi connectivity index (χ2n) is 5.14. The molecule has 0 saturated carbocycles. The van der Waals surface area contributed by atoms with E-state index in [-0.39, 0.29) is 6.42 Å². The quantitative estimate of drug-likeness (QED) is 0.390. The van der Waals surface area contributed by atoms with Crippen LogP contribution >= 0.6 is 27.5 Å². The van der Waals surface area contributed by atoms with Crippen molar-refractivity contribution in [3.05, 3.63) is 57.5 Å². The Kier molecular flexibility index (Phi) is 7.62. The molecule has 0 radical (unpaired) electrons. The standard InChI is InChI=1S/C18H17BrClN3O3/c1-2-26-16-8-3-13(19)9-12(16)11-21-23-18(25)10-17(24)22-15-6-4-14(20)5-7-15/h3-9,11H,2,10H2,1H3,(H,22,24)(H,23,25). The van der Waals surface area contributed by atoms with Crippen LogP contribution in [0.15, 0.2) is 52.0 Å². The molecule has 0 unspecified atom stereocenters. The largest absolute Gasteiger partial charge is 0.493 e. The number of benzene rings is 2. The zero-order valence-corrected chi connectivity index (χ0v) is 16.3. The maximum Gasteiger partial charge on any atom is 0.249 e. The molecule has 26 heavy (non-hydrogen) atoms. The minimum atomic E-state index is -0.527. The Morgan fingerprint density at radius 3 is 2.62 bits per heavy atom. The van der Waals surface area contributed by atoms with E-state index < -0.39 is 11.8 Å². The Labute approximate surface area is 164 Å². The number of ether oxygens (including phenoxy) is 1. The highest BCUT2D eigenvalue weighted by Gasteiger charge is 2.09. The summed E-state index contributed by atoms with van der Waals surface area (Å²) >= 11 is 9.15. The van der Waals surface area contributed by atoms with Crippen molar-refractivity contribution >= 4 is 51.2 Å². The highest BCUT2D eigenvalue weighted by Crippen LogP contribution is 2.21. The molecular weight excluding hydrogens is 422 g/mol. The van der Waals surface area contributed by atoms with Crippen LogP contribution in [0.4, 0.5) is 5.69 Å². The summed E-state index contributed by atoms with van der Waals surface area (Å²) in [5, 5.41) is 7.04. The fraction of sp³-hybridized carbons (Fsp3) is 0.167. The van der Waals surface area contributed by atoms with Gasteiger partial charge in [-0.15, -0.1) is 0 Å². The topological polar surface area (TPSA) is 79.8 Å². The SMILES string of the molecule is CCOc1ccc(Br)cc1C=NNC(=O)CC(=O)Nc1ccc(Cl)cc1. The Hall–Kier alpha value is -2.38. The first-order valence-electron chi connectivity index (χ1n) is 7.77. The molecule has 0 bridgehead atoms. The molecule has 0 aromatic heterocycles. The van der Waals surface area contributed by atoms with Crippen molar-refractivity contribution in [2.24, 2.45) is 5.10 Å². The van der Waals surface area contributed by atoms with Gasteiger partial charge in [0.2, 0.25) is 11.8 Å². The van der Waals surface area contributed by atoms with E-state index in [1.807, 2.05) is 19.1 Å². The molecular formula is C18H17BrClN3O3. The molecule has 0 atom stereocenters. The van der Waals surface area contributed by atoms with Crippen molar-refractivity contribution in [3.8, 4) is 5.75 Å². The minimum Gasteiger partial charge on any atom is -0.493 e. The number of carbonyl (C=O) groups excluding carboxylic acids is 2. The Bertz CT molecular complexity index is 810. The van der Waals surface area contributed by atoms with Gasteiger partial charge in [-0.05, 0) is 49.4 Å². The summed E-state index contributed by atoms with van der Waals surface area (Å²) in [6.45, 7) is 2.39. The highest BCUT2D eigenvalue weighted by molar-refractivity contribution is 9.10. The van der Waals surface area contributed by atoms with Crippen molar-refractivity contribution in [1.29, 1.82) is 0 Å². The van der Waals surface area contributed by atoms with Gasteiger partial charge in [-0.3, -0.25) is 9.59 Å². The molecule has 0 saturated heterocycles. The van der Waals surface area contributed by atoms with Gasteiger partial charge in [0.25, 0.3) is 0 Å². The van der Waals surface area contributed by atoms with Gasteiger partial charge < -0.3 is 10.1 Å². The number of carbonyl (C=O) groups is 2. The first-order chi connectivity index (χ1) is 12.5. The van der Waals surface area contributed by atoms with Crippen molar-refractivity contribution in [3.63, 3.8) is 0 Å². The summed E-state index contributed by atoms with van der Waals surface area (Å²) in [6, 6.07) is 12.1. The van der Waals surface area contributed by atoms with Crippen LogP contribution in [0.25, 0.3) is 0 Å². The predicted molar refractivity (Wildman–Crippen MR) is 106 cm³/mol. The average molecular weight is 439 g/mol. The summed E-state index contributed by atoms with van der Waals surface area (Å²) in [6.07, 6.45) is 1.11. The van der Waals surface area contributed by atoms with Crippen LogP contribution in [0.1, 0.15) is 18.9 Å². The number of hydrazone groups is 1. The summed E-state index contributed by atoms with van der Waals surface area (Å²) in [7, 11) is 0. The molecule has 6 nitrogen and oxygen atoms in total. The van der Waals surface area contributed by atoms with Gasteiger partial charge in [0.05, 0.1) is 12.8 Å². The number of nitrogens with one attached hydrogen (secondary N) is 2. The molecule has 2 aromatic carbocycles. The number of nitrogens with zero attached hydrogens (tertiary/aromatic N) is 1. The molecule has 0 spiro atoms. The lowest BCUT2D eigenvalue weighted by molar-refractivity contribution is -0.126. The summed E-state index contributed by atoms with van der Waals surface area (Å²) in [5.74, 6) is -0.327. The van der Waals surface area contributed by atoms with E-state index in [9.17, 15) is 9.59 Å². The first-order valence-corrected chi connectivity index (χ1v) is 8.94. The Morgan fingerprint density at radius 1 is 1.19 bits per heavy atom. The van der Waals surface area contributed by atoms with Gasteiger partial charge in [0, 0.05) is 20.7 Å². The number of hydrogen-bond donors (Lipinski definition) is 2. The molecule has 2 N–H and O–H groups in total. The number of rotatable bonds is 7. The van der Waals surface area contributed by atoms with Crippen LogP contribution in [-0.2, 0) is 9.59 Å². The maximum absolute atomic E-state index is 11.8. The lowest BCUT2D eigenvalue weighted by Crippen LogP contribution is -2.24. The second kappa shape index (κ2) is 9.94. The Balaban J connectivity index is 1.88. The normalized spacial score (nSPS) is 10.6. The molecule has 2 rings (SSSR count). The van der Waals surface area contributed by atoms with Crippen LogP contribution in [0.5, 0.6) is 5.75 Å². The van der Waals surface area contributed by atoms with E-state index >= 15 is 0 Å². The minimum absolute atomic E-state index is 0.350. The van der Waals surface area contributed by atoms with Crippen molar-refractivity contribution in [2.45, 2.75) is 13.3 Å². The zero-order chi connectivity index (χ0) is 18.9. The van der Waals surface area contributed by atoms with Crippen LogP contribution in [0.2, 0.25) is 5.02 Å². The van der Waals surface area contributed by atoms with Crippen molar-refractivity contribution in [1.82, 2.24) is 5.43 Å².